The Morgan fingerprint density at radius 3 is 2.43 bits per heavy atom. The van der Waals surface area contributed by atoms with Gasteiger partial charge in [0.1, 0.15) is 12.4 Å². The Morgan fingerprint density at radius 1 is 1.10 bits per heavy atom. The summed E-state index contributed by atoms with van der Waals surface area (Å²) in [4.78, 5) is 20.1. The first kappa shape index (κ1) is 14.8. The molecule has 0 bridgehead atoms. The van der Waals surface area contributed by atoms with E-state index in [0.29, 0.717) is 17.0 Å². The number of hydroxylamine groups is 1. The van der Waals surface area contributed by atoms with Gasteiger partial charge in [0, 0.05) is 5.56 Å². The van der Waals surface area contributed by atoms with Crippen LogP contribution in [0.4, 0.5) is 10.5 Å². The third-order valence-corrected chi connectivity index (χ3v) is 2.77. The molecule has 0 atom stereocenters. The first-order chi connectivity index (χ1) is 10.3. The standard InChI is InChI=1S/C15H15NO5/c1-19-16(15(17)21-18)14-10-6-5-7-12(14)11-20-13-8-3-2-4-9-13/h2-10,18H,11H2,1H3. The van der Waals surface area contributed by atoms with Gasteiger partial charge < -0.3 is 4.74 Å². The molecule has 0 saturated carbocycles. The zero-order valence-corrected chi connectivity index (χ0v) is 11.4. The summed E-state index contributed by atoms with van der Waals surface area (Å²) in [6.45, 7) is 0.235. The fraction of sp³-hybridized carbons (Fsp3) is 0.133. The van der Waals surface area contributed by atoms with Crippen LogP contribution in [0, 0.1) is 0 Å². The lowest BCUT2D eigenvalue weighted by molar-refractivity contribution is -0.180. The lowest BCUT2D eigenvalue weighted by Gasteiger charge is -2.20. The molecule has 110 valence electrons. The van der Waals surface area contributed by atoms with Crippen molar-refractivity contribution in [2.24, 2.45) is 0 Å². The minimum Gasteiger partial charge on any atom is -0.489 e. The molecule has 0 aliphatic rings. The van der Waals surface area contributed by atoms with E-state index in [2.05, 4.69) is 4.89 Å². The lowest BCUT2D eigenvalue weighted by Crippen LogP contribution is -2.30. The third kappa shape index (κ3) is 3.71. The summed E-state index contributed by atoms with van der Waals surface area (Å²) in [5.74, 6) is 0.709. The number of anilines is 1. The summed E-state index contributed by atoms with van der Waals surface area (Å²) in [7, 11) is 1.30. The SMILES string of the molecule is CON(C(=O)OO)c1ccccc1COc1ccccc1. The van der Waals surface area contributed by atoms with E-state index in [0.717, 1.165) is 5.06 Å². The van der Waals surface area contributed by atoms with Crippen LogP contribution in [0.15, 0.2) is 54.6 Å². The van der Waals surface area contributed by atoms with Gasteiger partial charge in [0.15, 0.2) is 0 Å². The third-order valence-electron chi connectivity index (χ3n) is 2.77. The number of carbonyl (C=O) groups excluding carboxylic acids is 1. The van der Waals surface area contributed by atoms with Gasteiger partial charge in [-0.25, -0.2) is 4.79 Å². The van der Waals surface area contributed by atoms with Crippen LogP contribution < -0.4 is 9.80 Å². The second-order valence-electron chi connectivity index (χ2n) is 4.06. The van der Waals surface area contributed by atoms with Crippen molar-refractivity contribution in [1.29, 1.82) is 0 Å². The Morgan fingerprint density at radius 2 is 1.76 bits per heavy atom. The molecule has 1 amide bonds. The molecule has 0 unspecified atom stereocenters. The quantitative estimate of drug-likeness (QED) is 0.676. The van der Waals surface area contributed by atoms with Crippen molar-refractivity contribution >= 4 is 11.8 Å². The van der Waals surface area contributed by atoms with Crippen LogP contribution in [0.25, 0.3) is 0 Å². The largest absolute Gasteiger partial charge is 0.489 e. The van der Waals surface area contributed by atoms with Gasteiger partial charge in [-0.05, 0) is 18.2 Å². The summed E-state index contributed by atoms with van der Waals surface area (Å²) >= 11 is 0. The average molecular weight is 289 g/mol. The average Bonchev–Trinajstić information content (AvgIpc) is 2.55. The number of benzene rings is 2. The van der Waals surface area contributed by atoms with Crippen molar-refractivity contribution in [3.8, 4) is 5.75 Å². The van der Waals surface area contributed by atoms with Crippen LogP contribution in [0.3, 0.4) is 0 Å². The van der Waals surface area contributed by atoms with E-state index in [1.807, 2.05) is 36.4 Å². The van der Waals surface area contributed by atoms with Crippen molar-refractivity contribution in [2.45, 2.75) is 6.61 Å². The molecule has 0 aliphatic carbocycles. The molecule has 21 heavy (non-hydrogen) atoms. The maximum atomic E-state index is 11.5. The van der Waals surface area contributed by atoms with Gasteiger partial charge in [-0.3, -0.25) is 9.73 Å². The molecule has 0 spiro atoms. The molecular weight excluding hydrogens is 274 g/mol. The number of hydrogen-bond acceptors (Lipinski definition) is 5. The summed E-state index contributed by atoms with van der Waals surface area (Å²) in [5.41, 5.74) is 1.13. The Bertz CT molecular complexity index is 588. The predicted molar refractivity (Wildman–Crippen MR) is 75.8 cm³/mol. The van der Waals surface area contributed by atoms with Crippen molar-refractivity contribution < 1.29 is 24.5 Å². The topological polar surface area (TPSA) is 68.2 Å². The van der Waals surface area contributed by atoms with Gasteiger partial charge in [0.05, 0.1) is 12.8 Å². The van der Waals surface area contributed by atoms with Gasteiger partial charge in [0.2, 0.25) is 0 Å². The van der Waals surface area contributed by atoms with Gasteiger partial charge in [-0.2, -0.15) is 10.3 Å². The van der Waals surface area contributed by atoms with E-state index < -0.39 is 6.09 Å². The molecule has 0 radical (unpaired) electrons. The number of nitrogens with zero attached hydrogens (tertiary/aromatic N) is 1. The van der Waals surface area contributed by atoms with Crippen LogP contribution >= 0.6 is 0 Å². The molecule has 0 aliphatic heterocycles. The van der Waals surface area contributed by atoms with Crippen LogP contribution in [0.5, 0.6) is 5.75 Å². The van der Waals surface area contributed by atoms with Crippen molar-refractivity contribution in [1.82, 2.24) is 0 Å². The monoisotopic (exact) mass is 289 g/mol. The lowest BCUT2D eigenvalue weighted by atomic mass is 10.2. The van der Waals surface area contributed by atoms with Crippen LogP contribution in [-0.4, -0.2) is 18.5 Å². The highest BCUT2D eigenvalue weighted by Crippen LogP contribution is 2.23. The van der Waals surface area contributed by atoms with Crippen molar-refractivity contribution in [3.05, 3.63) is 60.2 Å². The van der Waals surface area contributed by atoms with Crippen LogP contribution in [0.2, 0.25) is 0 Å². The molecule has 2 aromatic carbocycles. The zero-order chi connectivity index (χ0) is 15.1. The number of ether oxygens (including phenoxy) is 1. The molecule has 1 N–H and O–H groups in total. The van der Waals surface area contributed by atoms with Gasteiger partial charge in [-0.1, -0.05) is 36.4 Å². The van der Waals surface area contributed by atoms with E-state index in [1.54, 1.807) is 18.2 Å². The molecule has 6 heteroatoms. The fourth-order valence-corrected chi connectivity index (χ4v) is 1.82. The van der Waals surface area contributed by atoms with E-state index in [9.17, 15) is 4.79 Å². The smallest absolute Gasteiger partial charge is 0.469 e. The molecule has 0 aromatic heterocycles. The number of rotatable bonds is 5. The second-order valence-corrected chi connectivity index (χ2v) is 4.06. The minimum atomic E-state index is -1.04. The highest BCUT2D eigenvalue weighted by Gasteiger charge is 2.20. The maximum absolute atomic E-state index is 11.5. The Hall–Kier alpha value is -2.57. The molecule has 0 fully saturated rings. The summed E-state index contributed by atoms with van der Waals surface area (Å²) < 4.78 is 5.64. The molecule has 0 saturated heterocycles. The second kappa shape index (κ2) is 7.28. The van der Waals surface area contributed by atoms with E-state index in [-0.39, 0.29) is 6.61 Å². The van der Waals surface area contributed by atoms with E-state index in [4.69, 9.17) is 14.8 Å². The van der Waals surface area contributed by atoms with Gasteiger partial charge in [0.25, 0.3) is 0 Å². The van der Waals surface area contributed by atoms with Gasteiger partial charge >= 0.3 is 6.09 Å². The first-order valence-electron chi connectivity index (χ1n) is 6.21. The highest BCUT2D eigenvalue weighted by molar-refractivity contribution is 5.85. The Labute approximate surface area is 122 Å². The Kier molecular flexibility index (Phi) is 5.14. The molecule has 2 rings (SSSR count). The van der Waals surface area contributed by atoms with E-state index in [1.165, 1.54) is 7.11 Å². The minimum absolute atomic E-state index is 0.235. The van der Waals surface area contributed by atoms with Gasteiger partial charge in [-0.15, -0.1) is 0 Å². The number of para-hydroxylation sites is 2. The maximum Gasteiger partial charge on any atom is 0.469 e. The molecule has 6 nitrogen and oxygen atoms in total. The van der Waals surface area contributed by atoms with E-state index >= 15 is 0 Å². The first-order valence-corrected chi connectivity index (χ1v) is 6.21. The normalized spacial score (nSPS) is 10.0. The number of amides is 1. The molecule has 0 heterocycles. The molecular formula is C15H15NO5. The predicted octanol–water partition coefficient (Wildman–Crippen LogP) is 3.24. The Balaban J connectivity index is 2.18. The fourth-order valence-electron chi connectivity index (χ4n) is 1.82. The van der Waals surface area contributed by atoms with Crippen molar-refractivity contribution in [2.75, 3.05) is 12.2 Å². The number of carbonyl (C=O) groups is 1. The van der Waals surface area contributed by atoms with Crippen LogP contribution in [-0.2, 0) is 16.3 Å². The zero-order valence-electron chi connectivity index (χ0n) is 11.4. The highest BCUT2D eigenvalue weighted by atomic mass is 17.1. The number of hydrogen-bond donors (Lipinski definition) is 1. The molecule has 2 aromatic rings. The van der Waals surface area contributed by atoms with Crippen molar-refractivity contribution in [3.63, 3.8) is 0 Å². The van der Waals surface area contributed by atoms with Crippen LogP contribution in [0.1, 0.15) is 5.56 Å². The summed E-state index contributed by atoms with van der Waals surface area (Å²) in [6.07, 6.45) is -1.04. The summed E-state index contributed by atoms with van der Waals surface area (Å²) in [6, 6.07) is 16.3. The summed E-state index contributed by atoms with van der Waals surface area (Å²) in [5, 5.41) is 9.33.